The van der Waals surface area contributed by atoms with Crippen molar-refractivity contribution in [1.82, 2.24) is 4.90 Å². The van der Waals surface area contributed by atoms with Crippen LogP contribution in [0.15, 0.2) is 42.5 Å². The molecule has 1 aromatic rings. The van der Waals surface area contributed by atoms with E-state index in [9.17, 15) is 19.5 Å². The van der Waals surface area contributed by atoms with E-state index in [0.717, 1.165) is 12.8 Å². The van der Waals surface area contributed by atoms with Gasteiger partial charge in [0.2, 0.25) is 11.8 Å². The lowest BCUT2D eigenvalue weighted by molar-refractivity contribution is -0.146. The molecular weight excluding hydrogens is 306 g/mol. The predicted octanol–water partition coefficient (Wildman–Crippen LogP) is 2.40. The minimum absolute atomic E-state index is 0.114. The quantitative estimate of drug-likeness (QED) is 0.681. The number of fused-ring (bicyclic) bond motifs is 1. The first-order valence-electron chi connectivity index (χ1n) is 8.40. The smallest absolute Gasteiger partial charge is 0.305 e. The van der Waals surface area contributed by atoms with Gasteiger partial charge in [-0.3, -0.25) is 19.3 Å². The zero-order valence-corrected chi connectivity index (χ0v) is 13.2. The van der Waals surface area contributed by atoms with Gasteiger partial charge in [-0.05, 0) is 30.2 Å². The van der Waals surface area contributed by atoms with E-state index in [1.165, 1.54) is 4.90 Å². The summed E-state index contributed by atoms with van der Waals surface area (Å²) in [5.74, 6) is -1.79. The fraction of sp³-hybridized carbons (Fsp3) is 0.421. The lowest BCUT2D eigenvalue weighted by atomic mass is 9.63. The van der Waals surface area contributed by atoms with Gasteiger partial charge in [0, 0.05) is 0 Å². The minimum atomic E-state index is -1.01. The standard InChI is InChI=1S/C19H19NO4/c21-15(22)10-14(11-4-2-1-3-5-11)20-18(23)16-12-6-7-13(9-8-12)17(16)19(20)24/h1-7,12-14,16-17H,8-10H2,(H,21,22). The first-order chi connectivity index (χ1) is 11.6. The van der Waals surface area contributed by atoms with Gasteiger partial charge < -0.3 is 5.11 Å². The van der Waals surface area contributed by atoms with Gasteiger partial charge in [-0.15, -0.1) is 0 Å². The molecule has 2 fully saturated rings. The Labute approximate surface area is 140 Å². The molecule has 1 N–H and O–H groups in total. The Morgan fingerprint density at radius 2 is 1.58 bits per heavy atom. The normalized spacial score (nSPS) is 32.1. The monoisotopic (exact) mass is 325 g/mol. The molecule has 5 heteroatoms. The summed E-state index contributed by atoms with van der Waals surface area (Å²) < 4.78 is 0. The van der Waals surface area contributed by atoms with Crippen LogP contribution in [-0.4, -0.2) is 27.8 Å². The summed E-state index contributed by atoms with van der Waals surface area (Å²) in [6.07, 6.45) is 5.75. The minimum Gasteiger partial charge on any atom is -0.481 e. The number of hydrogen-bond acceptors (Lipinski definition) is 3. The molecule has 1 aliphatic heterocycles. The van der Waals surface area contributed by atoms with Crippen molar-refractivity contribution in [3.63, 3.8) is 0 Å². The maximum Gasteiger partial charge on any atom is 0.305 e. The lowest BCUT2D eigenvalue weighted by Crippen LogP contribution is -2.38. The number of allylic oxidation sites excluding steroid dienone is 2. The molecule has 5 nitrogen and oxygen atoms in total. The number of aliphatic carboxylic acids is 1. The van der Waals surface area contributed by atoms with Crippen molar-refractivity contribution in [2.24, 2.45) is 23.7 Å². The zero-order chi connectivity index (χ0) is 16.8. The molecule has 1 saturated heterocycles. The summed E-state index contributed by atoms with van der Waals surface area (Å²) in [5, 5.41) is 9.29. The average molecular weight is 325 g/mol. The molecule has 4 aliphatic rings. The van der Waals surface area contributed by atoms with Gasteiger partial charge in [-0.25, -0.2) is 0 Å². The third kappa shape index (κ3) is 2.19. The second-order valence-electron chi connectivity index (χ2n) is 6.91. The number of carboxylic acid groups (broad SMARTS) is 1. The SMILES string of the molecule is O=C(O)CC(c1ccccc1)N1C(=O)C2C3C=CC(CC3)C2C1=O. The molecule has 3 aliphatic carbocycles. The van der Waals surface area contributed by atoms with Crippen LogP contribution in [0.5, 0.6) is 0 Å². The van der Waals surface area contributed by atoms with Crippen molar-refractivity contribution >= 4 is 17.8 Å². The summed E-state index contributed by atoms with van der Waals surface area (Å²) in [6.45, 7) is 0. The Morgan fingerprint density at radius 1 is 1.04 bits per heavy atom. The number of amides is 2. The summed E-state index contributed by atoms with van der Waals surface area (Å²) in [6, 6.07) is 8.26. The number of nitrogens with zero attached hydrogens (tertiary/aromatic N) is 1. The maximum absolute atomic E-state index is 13.0. The van der Waals surface area contributed by atoms with Crippen molar-refractivity contribution < 1.29 is 19.5 Å². The Balaban J connectivity index is 1.73. The van der Waals surface area contributed by atoms with Gasteiger partial charge in [-0.1, -0.05) is 42.5 Å². The Hall–Kier alpha value is -2.43. The van der Waals surface area contributed by atoms with E-state index >= 15 is 0 Å². The third-order valence-electron chi connectivity index (χ3n) is 5.66. The molecule has 5 unspecified atom stereocenters. The number of carbonyl (C=O) groups excluding carboxylic acids is 2. The topological polar surface area (TPSA) is 74.7 Å². The lowest BCUT2D eigenvalue weighted by Gasteiger charge is -2.38. The summed E-state index contributed by atoms with van der Waals surface area (Å²) in [7, 11) is 0. The highest BCUT2D eigenvalue weighted by atomic mass is 16.4. The highest BCUT2D eigenvalue weighted by Gasteiger charge is 2.58. The van der Waals surface area contributed by atoms with Crippen molar-refractivity contribution in [2.45, 2.75) is 25.3 Å². The van der Waals surface area contributed by atoms with Crippen LogP contribution in [0.4, 0.5) is 0 Å². The molecular formula is C19H19NO4. The van der Waals surface area contributed by atoms with Gasteiger partial charge in [-0.2, -0.15) is 0 Å². The van der Waals surface area contributed by atoms with Crippen LogP contribution < -0.4 is 0 Å². The molecule has 24 heavy (non-hydrogen) atoms. The van der Waals surface area contributed by atoms with Crippen molar-refractivity contribution in [3.05, 3.63) is 48.0 Å². The number of benzene rings is 1. The number of hydrogen-bond donors (Lipinski definition) is 1. The van der Waals surface area contributed by atoms with Crippen LogP contribution in [-0.2, 0) is 14.4 Å². The number of likely N-dealkylation sites (tertiary alicyclic amines) is 1. The largest absolute Gasteiger partial charge is 0.481 e. The van der Waals surface area contributed by atoms with E-state index < -0.39 is 12.0 Å². The van der Waals surface area contributed by atoms with E-state index in [0.29, 0.717) is 5.56 Å². The molecule has 0 aromatic heterocycles. The number of carbonyl (C=O) groups is 3. The summed E-state index contributed by atoms with van der Waals surface area (Å²) in [5.41, 5.74) is 0.695. The van der Waals surface area contributed by atoms with Gasteiger partial charge in [0.05, 0.1) is 24.3 Å². The van der Waals surface area contributed by atoms with E-state index in [2.05, 4.69) is 12.2 Å². The highest BCUT2D eigenvalue weighted by molar-refractivity contribution is 6.06. The van der Waals surface area contributed by atoms with Crippen molar-refractivity contribution in [2.75, 3.05) is 0 Å². The molecule has 0 radical (unpaired) electrons. The Morgan fingerprint density at radius 3 is 2.04 bits per heavy atom. The molecule has 2 amide bonds. The van der Waals surface area contributed by atoms with E-state index in [4.69, 9.17) is 0 Å². The van der Waals surface area contributed by atoms with Gasteiger partial charge in [0.25, 0.3) is 0 Å². The third-order valence-corrected chi connectivity index (χ3v) is 5.66. The predicted molar refractivity (Wildman–Crippen MR) is 85.6 cm³/mol. The van der Waals surface area contributed by atoms with Crippen LogP contribution in [0.2, 0.25) is 0 Å². The Bertz CT molecular complexity index is 694. The molecule has 5 rings (SSSR count). The van der Waals surface area contributed by atoms with E-state index in [1.54, 1.807) is 24.3 Å². The molecule has 5 atom stereocenters. The molecule has 1 heterocycles. The maximum atomic E-state index is 13.0. The van der Waals surface area contributed by atoms with Gasteiger partial charge >= 0.3 is 5.97 Å². The number of carboxylic acids is 1. The van der Waals surface area contributed by atoms with Crippen LogP contribution in [0.25, 0.3) is 0 Å². The van der Waals surface area contributed by atoms with Crippen LogP contribution in [0, 0.1) is 23.7 Å². The van der Waals surface area contributed by atoms with Crippen LogP contribution in [0.1, 0.15) is 30.9 Å². The van der Waals surface area contributed by atoms with Crippen LogP contribution >= 0.6 is 0 Å². The molecule has 0 spiro atoms. The van der Waals surface area contributed by atoms with Crippen molar-refractivity contribution in [1.29, 1.82) is 0 Å². The van der Waals surface area contributed by atoms with Gasteiger partial charge in [0.1, 0.15) is 0 Å². The molecule has 2 bridgehead atoms. The number of imide groups is 1. The molecule has 124 valence electrons. The second-order valence-corrected chi connectivity index (χ2v) is 6.91. The van der Waals surface area contributed by atoms with E-state index in [-0.39, 0.29) is 41.9 Å². The van der Waals surface area contributed by atoms with Gasteiger partial charge in [0.15, 0.2) is 0 Å². The average Bonchev–Trinajstić information content (AvgIpc) is 2.88. The summed E-state index contributed by atoms with van der Waals surface area (Å²) in [4.78, 5) is 38.6. The summed E-state index contributed by atoms with van der Waals surface area (Å²) >= 11 is 0. The fourth-order valence-electron chi connectivity index (χ4n) is 4.60. The Kier molecular flexibility index (Phi) is 3.52. The molecule has 1 aromatic carbocycles. The fourth-order valence-corrected chi connectivity index (χ4v) is 4.60. The van der Waals surface area contributed by atoms with E-state index in [1.807, 2.05) is 6.07 Å². The first-order valence-corrected chi connectivity index (χ1v) is 8.40. The molecule has 1 saturated carbocycles. The van der Waals surface area contributed by atoms with Crippen LogP contribution in [0.3, 0.4) is 0 Å². The second kappa shape index (κ2) is 5.58. The number of rotatable bonds is 4. The zero-order valence-electron chi connectivity index (χ0n) is 13.2. The van der Waals surface area contributed by atoms with Crippen molar-refractivity contribution in [3.8, 4) is 0 Å². The highest BCUT2D eigenvalue weighted by Crippen LogP contribution is 2.51. The first kappa shape index (κ1) is 15.1.